The second-order valence-electron chi connectivity index (χ2n) is 4.03. The van der Waals surface area contributed by atoms with Gasteiger partial charge in [0.05, 0.1) is 5.69 Å². The number of nitrogens with two attached hydrogens (primary N) is 1. The number of hydrogen-bond donors (Lipinski definition) is 1. The lowest BCUT2D eigenvalue weighted by atomic mass is 10.1. The van der Waals surface area contributed by atoms with E-state index in [1.807, 2.05) is 29.8 Å². The highest BCUT2D eigenvalue weighted by Crippen LogP contribution is 2.37. The Hall–Kier alpha value is -1.69. The van der Waals surface area contributed by atoms with Crippen LogP contribution in [-0.4, -0.2) is 22.8 Å². The Labute approximate surface area is 113 Å². The number of imidazole rings is 1. The van der Waals surface area contributed by atoms with Gasteiger partial charge in [0.15, 0.2) is 11.5 Å². The molecule has 18 heavy (non-hydrogen) atoms. The molecule has 0 atom stereocenters. The SMILES string of the molecule is Cn1c(N)nc(Br)c1-c1ccc2c(c1)OCCO2. The van der Waals surface area contributed by atoms with Gasteiger partial charge in [0.2, 0.25) is 5.95 Å². The molecule has 3 rings (SSSR count). The summed E-state index contributed by atoms with van der Waals surface area (Å²) < 4.78 is 13.6. The van der Waals surface area contributed by atoms with Crippen molar-refractivity contribution in [3.8, 4) is 22.8 Å². The van der Waals surface area contributed by atoms with Crippen LogP contribution in [0, 0.1) is 0 Å². The lowest BCUT2D eigenvalue weighted by molar-refractivity contribution is 0.171. The highest BCUT2D eigenvalue weighted by atomic mass is 79.9. The van der Waals surface area contributed by atoms with Crippen molar-refractivity contribution in [3.05, 3.63) is 22.8 Å². The number of nitrogen functional groups attached to an aromatic ring is 1. The Bertz CT molecular complexity index is 610. The molecule has 0 saturated heterocycles. The van der Waals surface area contributed by atoms with Gasteiger partial charge in [-0.15, -0.1) is 0 Å². The Morgan fingerprint density at radius 3 is 2.67 bits per heavy atom. The van der Waals surface area contributed by atoms with E-state index in [2.05, 4.69) is 20.9 Å². The molecular weight excluding hydrogens is 298 g/mol. The molecule has 5 nitrogen and oxygen atoms in total. The van der Waals surface area contributed by atoms with Crippen LogP contribution in [0.5, 0.6) is 11.5 Å². The molecule has 1 aliphatic heterocycles. The van der Waals surface area contributed by atoms with Crippen LogP contribution < -0.4 is 15.2 Å². The average molecular weight is 310 g/mol. The minimum atomic E-state index is 0.465. The number of ether oxygens (including phenoxy) is 2. The van der Waals surface area contributed by atoms with E-state index >= 15 is 0 Å². The van der Waals surface area contributed by atoms with E-state index in [4.69, 9.17) is 15.2 Å². The second-order valence-corrected chi connectivity index (χ2v) is 4.78. The first kappa shape index (κ1) is 11.4. The monoisotopic (exact) mass is 309 g/mol. The summed E-state index contributed by atoms with van der Waals surface area (Å²) in [5.41, 5.74) is 7.69. The van der Waals surface area contributed by atoms with Crippen LogP contribution in [0.4, 0.5) is 5.95 Å². The Kier molecular flexibility index (Phi) is 2.66. The molecular formula is C12H12BrN3O2. The van der Waals surface area contributed by atoms with Crippen molar-refractivity contribution in [2.75, 3.05) is 18.9 Å². The van der Waals surface area contributed by atoms with Crippen LogP contribution in [0.15, 0.2) is 22.8 Å². The Morgan fingerprint density at radius 2 is 2.00 bits per heavy atom. The van der Waals surface area contributed by atoms with Crippen LogP contribution in [0.25, 0.3) is 11.3 Å². The van der Waals surface area contributed by atoms with E-state index in [1.165, 1.54) is 0 Å². The quantitative estimate of drug-likeness (QED) is 0.877. The van der Waals surface area contributed by atoms with Gasteiger partial charge in [-0.25, -0.2) is 4.98 Å². The zero-order valence-electron chi connectivity index (χ0n) is 9.81. The molecule has 0 amide bonds. The first-order valence-electron chi connectivity index (χ1n) is 5.54. The van der Waals surface area contributed by atoms with Crippen molar-refractivity contribution >= 4 is 21.9 Å². The standard InChI is InChI=1S/C12H12BrN3O2/c1-16-10(11(13)15-12(16)14)7-2-3-8-9(6-7)18-5-4-17-8/h2-3,6H,4-5H2,1H3,(H2,14,15). The maximum Gasteiger partial charge on any atom is 0.201 e. The fraction of sp³-hybridized carbons (Fsp3) is 0.250. The molecule has 2 N–H and O–H groups in total. The van der Waals surface area contributed by atoms with E-state index in [9.17, 15) is 0 Å². The number of hydrogen-bond acceptors (Lipinski definition) is 4. The van der Waals surface area contributed by atoms with Gasteiger partial charge in [0.25, 0.3) is 0 Å². The molecule has 0 unspecified atom stereocenters. The van der Waals surface area contributed by atoms with Crippen molar-refractivity contribution in [1.29, 1.82) is 0 Å². The molecule has 1 aliphatic rings. The van der Waals surface area contributed by atoms with Gasteiger partial charge in [-0.3, -0.25) is 0 Å². The normalized spacial score (nSPS) is 13.7. The molecule has 0 saturated carbocycles. The van der Waals surface area contributed by atoms with Crippen LogP contribution >= 0.6 is 15.9 Å². The molecule has 0 bridgehead atoms. The fourth-order valence-corrected chi connectivity index (χ4v) is 2.66. The number of aromatic nitrogens is 2. The minimum absolute atomic E-state index is 0.465. The van der Waals surface area contributed by atoms with E-state index < -0.39 is 0 Å². The Morgan fingerprint density at radius 1 is 1.28 bits per heavy atom. The van der Waals surface area contributed by atoms with Gasteiger partial charge in [0.1, 0.15) is 17.8 Å². The van der Waals surface area contributed by atoms with Crippen molar-refractivity contribution in [2.24, 2.45) is 7.05 Å². The number of rotatable bonds is 1. The van der Waals surface area contributed by atoms with Crippen molar-refractivity contribution in [3.63, 3.8) is 0 Å². The molecule has 0 fully saturated rings. The van der Waals surface area contributed by atoms with Crippen LogP contribution in [0.1, 0.15) is 0 Å². The van der Waals surface area contributed by atoms with Crippen molar-refractivity contribution in [2.45, 2.75) is 0 Å². The van der Waals surface area contributed by atoms with Gasteiger partial charge in [0, 0.05) is 12.6 Å². The van der Waals surface area contributed by atoms with E-state index in [0.717, 1.165) is 27.4 Å². The number of fused-ring (bicyclic) bond motifs is 1. The maximum absolute atomic E-state index is 5.78. The van der Waals surface area contributed by atoms with Gasteiger partial charge in [-0.1, -0.05) is 0 Å². The highest BCUT2D eigenvalue weighted by Gasteiger charge is 2.17. The van der Waals surface area contributed by atoms with Gasteiger partial charge < -0.3 is 19.8 Å². The Balaban J connectivity index is 2.12. The number of anilines is 1. The number of nitrogens with zero attached hydrogens (tertiary/aromatic N) is 2. The molecule has 6 heteroatoms. The zero-order valence-corrected chi connectivity index (χ0v) is 11.4. The smallest absolute Gasteiger partial charge is 0.201 e. The fourth-order valence-electron chi connectivity index (χ4n) is 1.98. The van der Waals surface area contributed by atoms with E-state index in [1.54, 1.807) is 0 Å². The zero-order chi connectivity index (χ0) is 12.7. The first-order chi connectivity index (χ1) is 8.66. The third-order valence-corrected chi connectivity index (χ3v) is 3.46. The molecule has 1 aromatic carbocycles. The first-order valence-corrected chi connectivity index (χ1v) is 6.34. The van der Waals surface area contributed by atoms with E-state index in [-0.39, 0.29) is 0 Å². The summed E-state index contributed by atoms with van der Waals surface area (Å²) >= 11 is 3.42. The summed E-state index contributed by atoms with van der Waals surface area (Å²) in [7, 11) is 1.87. The van der Waals surface area contributed by atoms with Gasteiger partial charge in [-0.05, 0) is 34.1 Å². The molecule has 94 valence electrons. The summed E-state index contributed by atoms with van der Waals surface area (Å²) in [5, 5.41) is 0. The number of benzene rings is 1. The van der Waals surface area contributed by atoms with Crippen molar-refractivity contribution in [1.82, 2.24) is 9.55 Å². The van der Waals surface area contributed by atoms with Crippen LogP contribution in [-0.2, 0) is 7.05 Å². The summed E-state index contributed by atoms with van der Waals surface area (Å²) in [5.74, 6) is 1.99. The minimum Gasteiger partial charge on any atom is -0.486 e. The lowest BCUT2D eigenvalue weighted by Crippen LogP contribution is -2.15. The van der Waals surface area contributed by atoms with Gasteiger partial charge >= 0.3 is 0 Å². The highest BCUT2D eigenvalue weighted by molar-refractivity contribution is 9.10. The summed E-state index contributed by atoms with van der Waals surface area (Å²) in [6, 6.07) is 5.81. The largest absolute Gasteiger partial charge is 0.486 e. The maximum atomic E-state index is 5.78. The van der Waals surface area contributed by atoms with Crippen LogP contribution in [0.2, 0.25) is 0 Å². The third kappa shape index (κ3) is 1.73. The van der Waals surface area contributed by atoms with E-state index in [0.29, 0.717) is 19.2 Å². The molecule has 2 aromatic rings. The molecule has 0 radical (unpaired) electrons. The number of halogens is 1. The predicted octanol–water partition coefficient (Wildman–Crippen LogP) is 2.20. The van der Waals surface area contributed by atoms with Crippen molar-refractivity contribution < 1.29 is 9.47 Å². The topological polar surface area (TPSA) is 62.3 Å². The molecule has 0 aliphatic carbocycles. The summed E-state index contributed by atoms with van der Waals surface area (Å²) in [4.78, 5) is 4.18. The molecule has 2 heterocycles. The third-order valence-electron chi connectivity index (χ3n) is 2.90. The molecule has 1 aromatic heterocycles. The average Bonchev–Trinajstić information content (AvgIpc) is 2.63. The summed E-state index contributed by atoms with van der Waals surface area (Å²) in [6.07, 6.45) is 0. The molecule has 0 spiro atoms. The summed E-state index contributed by atoms with van der Waals surface area (Å²) in [6.45, 7) is 1.17. The van der Waals surface area contributed by atoms with Crippen LogP contribution in [0.3, 0.4) is 0 Å². The lowest BCUT2D eigenvalue weighted by Gasteiger charge is -2.19. The second kappa shape index (κ2) is 4.20. The predicted molar refractivity (Wildman–Crippen MR) is 71.7 cm³/mol. The van der Waals surface area contributed by atoms with Gasteiger partial charge in [-0.2, -0.15) is 0 Å².